The van der Waals surface area contributed by atoms with E-state index in [1.54, 1.807) is 12.3 Å². The number of ketones is 1. The molecule has 1 saturated carbocycles. The van der Waals surface area contributed by atoms with Crippen molar-refractivity contribution in [1.29, 1.82) is 0 Å². The molecule has 0 heterocycles. The number of aliphatic hydroxyl groups is 2. The molecule has 5 nitrogen and oxygen atoms in total. The van der Waals surface area contributed by atoms with Crippen LogP contribution < -0.4 is 0 Å². The first-order valence-electron chi connectivity index (χ1n) is 10.1. The molecule has 1 fully saturated rings. The van der Waals surface area contributed by atoms with Crippen molar-refractivity contribution in [2.24, 2.45) is 5.92 Å². The monoisotopic (exact) mass is 418 g/mol. The van der Waals surface area contributed by atoms with Crippen LogP contribution in [0.1, 0.15) is 51.4 Å². The zero-order valence-corrected chi connectivity index (χ0v) is 18.0. The summed E-state index contributed by atoms with van der Waals surface area (Å²) in [5, 5.41) is 21.5. The van der Waals surface area contributed by atoms with Crippen LogP contribution in [-0.4, -0.2) is 47.0 Å². The summed E-state index contributed by atoms with van der Waals surface area (Å²) in [6.45, 7) is 0. The molecular weight excluding hydrogens is 388 g/mol. The van der Waals surface area contributed by atoms with Gasteiger partial charge in [0.25, 0.3) is 0 Å². The summed E-state index contributed by atoms with van der Waals surface area (Å²) in [4.78, 5) is 24.2. The first kappa shape index (κ1) is 23.5. The van der Waals surface area contributed by atoms with E-state index in [-0.39, 0.29) is 23.2 Å². The maximum atomic E-state index is 12.6. The number of thioether (sulfide) groups is 1. The van der Waals surface area contributed by atoms with Crippen molar-refractivity contribution in [3.8, 4) is 11.8 Å². The van der Waals surface area contributed by atoms with Crippen LogP contribution in [0.15, 0.2) is 34.8 Å². The summed E-state index contributed by atoms with van der Waals surface area (Å²) >= 11 is 1.28. The molecule has 2 atom stereocenters. The molecule has 0 aromatic rings. The highest BCUT2D eigenvalue weighted by Crippen LogP contribution is 2.37. The zero-order valence-electron chi connectivity index (χ0n) is 17.1. The van der Waals surface area contributed by atoms with Crippen LogP contribution in [0.2, 0.25) is 0 Å². The second kappa shape index (κ2) is 11.4. The van der Waals surface area contributed by atoms with E-state index in [1.165, 1.54) is 43.5 Å². The lowest BCUT2D eigenvalue weighted by Gasteiger charge is -2.25. The molecule has 0 aromatic heterocycles. The Bertz CT molecular complexity index is 749. The Morgan fingerprint density at radius 3 is 2.79 bits per heavy atom. The predicted octanol–water partition coefficient (Wildman–Crippen LogP) is 3.32. The number of allylic oxidation sites excluding steroid dienone is 2. The summed E-state index contributed by atoms with van der Waals surface area (Å²) in [5.74, 6) is 5.39. The number of carbonyl (C=O) groups excluding carboxylic acids is 2. The Labute approximate surface area is 177 Å². The van der Waals surface area contributed by atoms with Gasteiger partial charge in [-0.15, -0.1) is 11.8 Å². The number of rotatable bonds is 7. The first-order chi connectivity index (χ1) is 13.9. The SMILES string of the molecule is COC(=O)CCCC#CC=C1C(=O)C(SC)=CC1(O)C=CC(O)C1CCCCC1. The van der Waals surface area contributed by atoms with Crippen LogP contribution in [0.4, 0.5) is 0 Å². The fourth-order valence-electron chi connectivity index (χ4n) is 3.63. The van der Waals surface area contributed by atoms with E-state index in [2.05, 4.69) is 16.6 Å². The molecule has 2 aliphatic rings. The van der Waals surface area contributed by atoms with Crippen molar-refractivity contribution in [3.63, 3.8) is 0 Å². The molecule has 158 valence electrons. The number of esters is 1. The van der Waals surface area contributed by atoms with E-state index < -0.39 is 11.7 Å². The Morgan fingerprint density at radius 1 is 1.41 bits per heavy atom. The number of aliphatic hydroxyl groups excluding tert-OH is 1. The van der Waals surface area contributed by atoms with E-state index in [0.717, 1.165) is 25.7 Å². The van der Waals surface area contributed by atoms with Gasteiger partial charge in [0.05, 0.1) is 18.1 Å². The zero-order chi connectivity index (χ0) is 21.3. The second-order valence-corrected chi connectivity index (χ2v) is 8.27. The fraction of sp³-hybridized carbons (Fsp3) is 0.565. The number of hydrogen-bond acceptors (Lipinski definition) is 6. The number of hydrogen-bond donors (Lipinski definition) is 2. The van der Waals surface area contributed by atoms with E-state index in [4.69, 9.17) is 0 Å². The molecule has 2 rings (SSSR count). The molecule has 2 unspecified atom stereocenters. The van der Waals surface area contributed by atoms with Crippen LogP contribution >= 0.6 is 11.8 Å². The molecule has 6 heteroatoms. The van der Waals surface area contributed by atoms with E-state index >= 15 is 0 Å². The Kier molecular flexibility index (Phi) is 9.22. The number of ether oxygens (including phenoxy) is 1. The van der Waals surface area contributed by atoms with Gasteiger partial charge in [-0.05, 0) is 49.7 Å². The predicted molar refractivity (Wildman–Crippen MR) is 115 cm³/mol. The molecule has 29 heavy (non-hydrogen) atoms. The van der Waals surface area contributed by atoms with Gasteiger partial charge in [0.15, 0.2) is 5.78 Å². The largest absolute Gasteiger partial charge is 0.469 e. The van der Waals surface area contributed by atoms with Gasteiger partial charge in [0.1, 0.15) is 5.60 Å². The van der Waals surface area contributed by atoms with Crippen LogP contribution in [0.25, 0.3) is 0 Å². The molecule has 0 aromatic carbocycles. The minimum atomic E-state index is -1.56. The quantitative estimate of drug-likeness (QED) is 0.217. The summed E-state index contributed by atoms with van der Waals surface area (Å²) in [6, 6.07) is 0. The third-order valence-corrected chi connectivity index (χ3v) is 6.12. The molecule has 0 radical (unpaired) electrons. The number of methoxy groups -OCH3 is 1. The fourth-order valence-corrected chi connectivity index (χ4v) is 4.22. The topological polar surface area (TPSA) is 83.8 Å². The highest BCUT2D eigenvalue weighted by molar-refractivity contribution is 8.03. The molecule has 0 aliphatic heterocycles. The standard InChI is InChI=1S/C23H30O5S/c1-28-21(25)13-9-4-3-8-12-18-22(26)20(29-2)16-23(18,27)15-14-19(24)17-10-6-5-7-11-17/h12,14-17,19,24,27H,4-7,9-11,13H2,1-2H3. The van der Waals surface area contributed by atoms with Crippen molar-refractivity contribution < 1.29 is 24.5 Å². The Hall–Kier alpha value is -1.81. The molecule has 0 spiro atoms. The van der Waals surface area contributed by atoms with Gasteiger partial charge >= 0.3 is 5.97 Å². The van der Waals surface area contributed by atoms with Crippen molar-refractivity contribution >= 4 is 23.5 Å². The van der Waals surface area contributed by atoms with Gasteiger partial charge in [-0.1, -0.05) is 37.2 Å². The third kappa shape index (κ3) is 6.60. The van der Waals surface area contributed by atoms with Gasteiger partial charge < -0.3 is 14.9 Å². The van der Waals surface area contributed by atoms with Crippen molar-refractivity contribution in [2.45, 2.75) is 63.1 Å². The smallest absolute Gasteiger partial charge is 0.305 e. The highest BCUT2D eigenvalue weighted by atomic mass is 32.2. The van der Waals surface area contributed by atoms with E-state index in [9.17, 15) is 19.8 Å². The summed E-state index contributed by atoms with van der Waals surface area (Å²) in [6.07, 6.45) is 14.0. The summed E-state index contributed by atoms with van der Waals surface area (Å²) < 4.78 is 4.58. The first-order valence-corrected chi connectivity index (χ1v) is 11.3. The second-order valence-electron chi connectivity index (χ2n) is 7.42. The lowest BCUT2D eigenvalue weighted by Crippen LogP contribution is -2.27. The van der Waals surface area contributed by atoms with Crippen LogP contribution in [0, 0.1) is 17.8 Å². The molecule has 0 saturated heterocycles. The van der Waals surface area contributed by atoms with Crippen LogP contribution in [0.5, 0.6) is 0 Å². The Morgan fingerprint density at radius 2 is 2.14 bits per heavy atom. The average Bonchev–Trinajstić information content (AvgIpc) is 2.99. The van der Waals surface area contributed by atoms with Crippen molar-refractivity contribution in [2.75, 3.05) is 13.4 Å². The lowest BCUT2D eigenvalue weighted by molar-refractivity contribution is -0.140. The lowest BCUT2D eigenvalue weighted by atomic mass is 9.84. The maximum absolute atomic E-state index is 12.6. The highest BCUT2D eigenvalue weighted by Gasteiger charge is 2.40. The van der Waals surface area contributed by atoms with Crippen LogP contribution in [0.3, 0.4) is 0 Å². The van der Waals surface area contributed by atoms with Crippen molar-refractivity contribution in [1.82, 2.24) is 0 Å². The number of carbonyl (C=O) groups is 2. The average molecular weight is 419 g/mol. The number of unbranched alkanes of at least 4 members (excludes halogenated alkanes) is 1. The minimum Gasteiger partial charge on any atom is -0.469 e. The third-order valence-electron chi connectivity index (χ3n) is 5.38. The molecule has 0 bridgehead atoms. The number of Topliss-reactive ketones (excluding diaryl/α,β-unsaturated/α-hetero) is 1. The molecule has 0 amide bonds. The van der Waals surface area contributed by atoms with Gasteiger partial charge in [-0.2, -0.15) is 0 Å². The normalized spacial score (nSPS) is 25.0. The van der Waals surface area contributed by atoms with E-state index in [0.29, 0.717) is 24.2 Å². The van der Waals surface area contributed by atoms with Gasteiger partial charge in [0.2, 0.25) is 0 Å². The van der Waals surface area contributed by atoms with Crippen molar-refractivity contribution in [3.05, 3.63) is 34.8 Å². The maximum Gasteiger partial charge on any atom is 0.305 e. The van der Waals surface area contributed by atoms with Gasteiger partial charge in [0, 0.05) is 18.4 Å². The molecule has 2 N–H and O–H groups in total. The van der Waals surface area contributed by atoms with Crippen LogP contribution in [-0.2, 0) is 14.3 Å². The van der Waals surface area contributed by atoms with Gasteiger partial charge in [-0.3, -0.25) is 9.59 Å². The molecule has 2 aliphatic carbocycles. The summed E-state index contributed by atoms with van der Waals surface area (Å²) in [5.41, 5.74) is -1.37. The van der Waals surface area contributed by atoms with Gasteiger partial charge in [-0.25, -0.2) is 0 Å². The van der Waals surface area contributed by atoms with E-state index in [1.807, 2.05) is 0 Å². The molecular formula is C23H30O5S. The minimum absolute atomic E-state index is 0.189. The Balaban J connectivity index is 2.09. The summed E-state index contributed by atoms with van der Waals surface area (Å²) in [7, 11) is 1.35.